The predicted octanol–water partition coefficient (Wildman–Crippen LogP) is 2.55. The number of carbonyl (C=O) groups excluding carboxylic acids is 2. The highest BCUT2D eigenvalue weighted by Gasteiger charge is 2.17. The zero-order valence-corrected chi connectivity index (χ0v) is 13.5. The number of benzene rings is 1. The van der Waals surface area contributed by atoms with Gasteiger partial charge in [0.1, 0.15) is 12.1 Å². The van der Waals surface area contributed by atoms with Crippen LogP contribution in [0.1, 0.15) is 26.3 Å². The van der Waals surface area contributed by atoms with Crippen LogP contribution in [0.15, 0.2) is 18.2 Å². The van der Waals surface area contributed by atoms with E-state index in [1.54, 1.807) is 39.0 Å². The number of aliphatic carboxylic acids is 1. The summed E-state index contributed by atoms with van der Waals surface area (Å²) in [5.41, 5.74) is 0.878. The van der Waals surface area contributed by atoms with Gasteiger partial charge in [-0.1, -0.05) is 6.07 Å². The minimum absolute atomic E-state index is 0.332. The van der Waals surface area contributed by atoms with E-state index in [1.165, 1.54) is 0 Å². The van der Waals surface area contributed by atoms with Crippen molar-refractivity contribution in [2.24, 2.45) is 0 Å². The Balaban J connectivity index is 2.82. The highest BCUT2D eigenvalue weighted by Crippen LogP contribution is 2.24. The summed E-state index contributed by atoms with van der Waals surface area (Å²) in [5, 5.41) is 15.7. The number of hydrogen-bond acceptors (Lipinski definition) is 4. The van der Waals surface area contributed by atoms with Gasteiger partial charge in [-0.15, -0.1) is 0 Å². The fourth-order valence-electron chi connectivity index (χ4n) is 1.61. The lowest BCUT2D eigenvalue weighted by Gasteiger charge is -2.20. The molecule has 0 atom stereocenters. The summed E-state index contributed by atoms with van der Waals surface area (Å²) in [6, 6.07) is 4.33. The van der Waals surface area contributed by atoms with E-state index in [0.717, 1.165) is 5.56 Å². The number of urea groups is 1. The van der Waals surface area contributed by atoms with Crippen LogP contribution in [0.5, 0.6) is 0 Å². The van der Waals surface area contributed by atoms with E-state index < -0.39 is 30.2 Å². The van der Waals surface area contributed by atoms with Crippen molar-refractivity contribution in [3.05, 3.63) is 23.8 Å². The Hall–Kier alpha value is -2.77. The Morgan fingerprint density at radius 1 is 1.13 bits per heavy atom. The SMILES string of the molecule is Cc1ccc(NC(=O)OC(C)(C)C)c(NC(=O)NCC(=O)O)c1. The molecule has 3 amide bonds. The number of anilines is 2. The number of amides is 3. The Morgan fingerprint density at radius 2 is 1.78 bits per heavy atom. The van der Waals surface area contributed by atoms with Crippen molar-refractivity contribution in [2.45, 2.75) is 33.3 Å². The second-order valence-electron chi connectivity index (χ2n) is 5.88. The number of rotatable bonds is 4. The van der Waals surface area contributed by atoms with Gasteiger partial charge < -0.3 is 20.5 Å². The molecule has 8 nitrogen and oxygen atoms in total. The molecule has 8 heteroatoms. The van der Waals surface area contributed by atoms with Crippen molar-refractivity contribution in [1.29, 1.82) is 0 Å². The third-order valence-electron chi connectivity index (χ3n) is 2.46. The van der Waals surface area contributed by atoms with Gasteiger partial charge in [-0.2, -0.15) is 0 Å². The van der Waals surface area contributed by atoms with E-state index in [1.807, 2.05) is 6.92 Å². The first-order valence-corrected chi connectivity index (χ1v) is 6.94. The second kappa shape index (κ2) is 7.48. The molecule has 0 saturated heterocycles. The molecule has 0 aliphatic carbocycles. The van der Waals surface area contributed by atoms with Crippen LogP contribution in [-0.2, 0) is 9.53 Å². The van der Waals surface area contributed by atoms with Crippen molar-refractivity contribution in [3.63, 3.8) is 0 Å². The maximum absolute atomic E-state index is 11.8. The molecule has 0 spiro atoms. The van der Waals surface area contributed by atoms with Gasteiger partial charge >= 0.3 is 18.1 Å². The molecule has 0 radical (unpaired) electrons. The average Bonchev–Trinajstić information content (AvgIpc) is 2.37. The van der Waals surface area contributed by atoms with Gasteiger partial charge in [-0.3, -0.25) is 10.1 Å². The summed E-state index contributed by atoms with van der Waals surface area (Å²) in [6.07, 6.45) is -0.657. The maximum atomic E-state index is 11.8. The number of carbonyl (C=O) groups is 3. The largest absolute Gasteiger partial charge is 0.480 e. The third-order valence-corrected chi connectivity index (χ3v) is 2.46. The lowest BCUT2D eigenvalue weighted by atomic mass is 10.2. The van der Waals surface area contributed by atoms with Crippen LogP contribution in [0.3, 0.4) is 0 Å². The van der Waals surface area contributed by atoms with E-state index in [0.29, 0.717) is 11.4 Å². The molecule has 0 aromatic heterocycles. The van der Waals surface area contributed by atoms with E-state index in [4.69, 9.17) is 9.84 Å². The number of hydrogen-bond donors (Lipinski definition) is 4. The van der Waals surface area contributed by atoms with Crippen LogP contribution < -0.4 is 16.0 Å². The number of carboxylic acid groups (broad SMARTS) is 1. The molecule has 0 fully saturated rings. The van der Waals surface area contributed by atoms with Crippen molar-refractivity contribution in [3.8, 4) is 0 Å². The highest BCUT2D eigenvalue weighted by atomic mass is 16.6. The maximum Gasteiger partial charge on any atom is 0.412 e. The van der Waals surface area contributed by atoms with Gasteiger partial charge in [-0.05, 0) is 45.4 Å². The molecular formula is C15H21N3O5. The van der Waals surface area contributed by atoms with Gasteiger partial charge in [0.15, 0.2) is 0 Å². The summed E-state index contributed by atoms with van der Waals surface area (Å²) in [7, 11) is 0. The van der Waals surface area contributed by atoms with Crippen molar-refractivity contribution >= 4 is 29.5 Å². The number of nitrogens with one attached hydrogen (secondary N) is 3. The second-order valence-corrected chi connectivity index (χ2v) is 5.88. The van der Waals surface area contributed by atoms with Crippen LogP contribution in [0.2, 0.25) is 0 Å². The molecule has 1 aromatic carbocycles. The molecule has 0 aliphatic heterocycles. The fourth-order valence-corrected chi connectivity index (χ4v) is 1.61. The zero-order valence-electron chi connectivity index (χ0n) is 13.5. The third kappa shape index (κ3) is 7.16. The number of carboxylic acids is 1. The minimum atomic E-state index is -1.16. The van der Waals surface area contributed by atoms with Gasteiger partial charge in [0, 0.05) is 0 Å². The molecule has 126 valence electrons. The molecule has 23 heavy (non-hydrogen) atoms. The van der Waals surface area contributed by atoms with Crippen molar-refractivity contribution < 1.29 is 24.2 Å². The summed E-state index contributed by atoms with van der Waals surface area (Å²) >= 11 is 0. The van der Waals surface area contributed by atoms with Crippen LogP contribution in [0.4, 0.5) is 21.0 Å². The fraction of sp³-hybridized carbons (Fsp3) is 0.400. The molecule has 0 heterocycles. The monoisotopic (exact) mass is 323 g/mol. The first-order valence-electron chi connectivity index (χ1n) is 6.94. The molecule has 4 N–H and O–H groups in total. The molecule has 0 saturated carbocycles. The van der Waals surface area contributed by atoms with Gasteiger partial charge in [0.2, 0.25) is 0 Å². The zero-order chi connectivity index (χ0) is 17.6. The van der Waals surface area contributed by atoms with Crippen LogP contribution in [0.25, 0.3) is 0 Å². The Bertz CT molecular complexity index is 608. The van der Waals surface area contributed by atoms with E-state index in [-0.39, 0.29) is 0 Å². The summed E-state index contributed by atoms with van der Waals surface area (Å²) < 4.78 is 5.15. The average molecular weight is 323 g/mol. The predicted molar refractivity (Wildman–Crippen MR) is 85.7 cm³/mol. The first-order chi connectivity index (χ1) is 10.6. The summed E-state index contributed by atoms with van der Waals surface area (Å²) in [5.74, 6) is -1.16. The minimum Gasteiger partial charge on any atom is -0.480 e. The molecule has 1 rings (SSSR count). The van der Waals surface area contributed by atoms with Crippen LogP contribution in [0, 0.1) is 6.92 Å². The van der Waals surface area contributed by atoms with E-state index in [9.17, 15) is 14.4 Å². The molecule has 0 unspecified atom stereocenters. The normalized spacial score (nSPS) is 10.6. The quantitative estimate of drug-likeness (QED) is 0.679. The van der Waals surface area contributed by atoms with Gasteiger partial charge in [0.05, 0.1) is 11.4 Å². The van der Waals surface area contributed by atoms with E-state index >= 15 is 0 Å². The van der Waals surface area contributed by atoms with Crippen molar-refractivity contribution in [2.75, 3.05) is 17.2 Å². The molecular weight excluding hydrogens is 302 g/mol. The Kier molecular flexibility index (Phi) is 5.94. The van der Waals surface area contributed by atoms with Gasteiger partial charge in [0.25, 0.3) is 0 Å². The summed E-state index contributed by atoms with van der Waals surface area (Å²) in [4.78, 5) is 33.9. The van der Waals surface area contributed by atoms with Crippen LogP contribution in [-0.4, -0.2) is 35.3 Å². The lowest BCUT2D eigenvalue weighted by Crippen LogP contribution is -2.33. The smallest absolute Gasteiger partial charge is 0.412 e. The van der Waals surface area contributed by atoms with Gasteiger partial charge in [-0.25, -0.2) is 9.59 Å². The molecule has 1 aromatic rings. The Morgan fingerprint density at radius 3 is 2.35 bits per heavy atom. The highest BCUT2D eigenvalue weighted by molar-refractivity contribution is 5.98. The van der Waals surface area contributed by atoms with Crippen LogP contribution >= 0.6 is 0 Å². The topological polar surface area (TPSA) is 117 Å². The Labute approximate surface area is 134 Å². The van der Waals surface area contributed by atoms with Crippen molar-refractivity contribution in [1.82, 2.24) is 5.32 Å². The standard InChI is InChI=1S/C15H21N3O5/c1-9-5-6-10(18-14(22)23-15(2,3)4)11(7-9)17-13(21)16-8-12(19)20/h5-7H,8H2,1-4H3,(H,18,22)(H,19,20)(H2,16,17,21). The molecule has 0 aliphatic rings. The number of aryl methyl sites for hydroxylation is 1. The number of ether oxygens (including phenoxy) is 1. The lowest BCUT2D eigenvalue weighted by molar-refractivity contribution is -0.135. The van der Waals surface area contributed by atoms with E-state index in [2.05, 4.69) is 16.0 Å². The first kappa shape index (κ1) is 18.3. The summed E-state index contributed by atoms with van der Waals surface area (Å²) in [6.45, 7) is 6.52. The molecule has 0 bridgehead atoms.